The van der Waals surface area contributed by atoms with E-state index in [-0.39, 0.29) is 0 Å². The summed E-state index contributed by atoms with van der Waals surface area (Å²) in [4.78, 5) is 0. The fourth-order valence-corrected chi connectivity index (χ4v) is 4.33. The Hall–Kier alpha value is -1.30. The number of allylic oxidation sites excluding steroid dienone is 3. The average molecular weight is 280 g/mol. The molecule has 0 N–H and O–H groups in total. The maximum atomic E-state index is 3.89. The lowest BCUT2D eigenvalue weighted by Gasteiger charge is -2.35. The summed E-state index contributed by atoms with van der Waals surface area (Å²) >= 11 is 0. The monoisotopic (exact) mass is 280 g/mol. The van der Waals surface area contributed by atoms with Gasteiger partial charge in [0.1, 0.15) is 0 Å². The van der Waals surface area contributed by atoms with Crippen LogP contribution in [0.4, 0.5) is 0 Å². The van der Waals surface area contributed by atoms with Gasteiger partial charge in [0.15, 0.2) is 0 Å². The van der Waals surface area contributed by atoms with Gasteiger partial charge >= 0.3 is 0 Å². The predicted octanol–water partition coefficient (Wildman–Crippen LogP) is 6.25. The van der Waals surface area contributed by atoms with Crippen molar-refractivity contribution in [2.45, 2.75) is 51.4 Å². The first kappa shape index (κ1) is 14.6. The van der Waals surface area contributed by atoms with Gasteiger partial charge in [-0.15, -0.1) is 6.58 Å². The quantitative estimate of drug-likeness (QED) is 0.572. The summed E-state index contributed by atoms with van der Waals surface area (Å²) in [6, 6.07) is 10.9. The van der Waals surface area contributed by atoms with E-state index in [1.807, 2.05) is 0 Å². The second kappa shape index (κ2) is 7.11. The van der Waals surface area contributed by atoms with Gasteiger partial charge < -0.3 is 0 Å². The van der Waals surface area contributed by atoms with Crippen LogP contribution in [0.15, 0.2) is 49.1 Å². The lowest BCUT2D eigenvalue weighted by atomic mass is 9.70. The third-order valence-corrected chi connectivity index (χ3v) is 5.65. The van der Waals surface area contributed by atoms with Crippen LogP contribution in [0, 0.1) is 17.8 Å². The summed E-state index contributed by atoms with van der Waals surface area (Å²) in [5.41, 5.74) is 3.01. The van der Waals surface area contributed by atoms with Crippen molar-refractivity contribution in [2.24, 2.45) is 17.8 Å². The third kappa shape index (κ3) is 3.67. The minimum atomic E-state index is 0.928. The first-order valence-electron chi connectivity index (χ1n) is 8.72. The van der Waals surface area contributed by atoms with Crippen LogP contribution < -0.4 is 0 Å². The molecule has 0 bridgehead atoms. The smallest absolute Gasteiger partial charge is 0.0228 e. The van der Waals surface area contributed by atoms with E-state index >= 15 is 0 Å². The SMILES string of the molecule is C=CCC1CCC(C2CC=C(c3ccccc3)CC2)CC1. The van der Waals surface area contributed by atoms with Crippen LogP contribution in [0.5, 0.6) is 0 Å². The number of hydrogen-bond donors (Lipinski definition) is 0. The fraction of sp³-hybridized carbons (Fsp3) is 0.524. The first-order chi connectivity index (χ1) is 10.4. The molecule has 0 heterocycles. The molecule has 1 unspecified atom stereocenters. The van der Waals surface area contributed by atoms with Gasteiger partial charge in [-0.1, -0.05) is 42.5 Å². The average Bonchev–Trinajstić information content (AvgIpc) is 2.57. The molecule has 3 rings (SSSR count). The van der Waals surface area contributed by atoms with E-state index in [1.54, 1.807) is 5.57 Å². The highest BCUT2D eigenvalue weighted by Gasteiger charge is 2.28. The minimum Gasteiger partial charge on any atom is -0.103 e. The van der Waals surface area contributed by atoms with Gasteiger partial charge in [-0.05, 0) is 80.3 Å². The third-order valence-electron chi connectivity index (χ3n) is 5.65. The van der Waals surface area contributed by atoms with Crippen molar-refractivity contribution < 1.29 is 0 Å². The van der Waals surface area contributed by atoms with Gasteiger partial charge in [0.2, 0.25) is 0 Å². The van der Waals surface area contributed by atoms with Crippen molar-refractivity contribution in [3.8, 4) is 0 Å². The number of hydrogen-bond acceptors (Lipinski definition) is 0. The Morgan fingerprint density at radius 3 is 2.33 bits per heavy atom. The molecule has 2 aliphatic rings. The molecule has 0 heteroatoms. The maximum Gasteiger partial charge on any atom is -0.0228 e. The molecular formula is C21H28. The van der Waals surface area contributed by atoms with E-state index < -0.39 is 0 Å². The van der Waals surface area contributed by atoms with Crippen LogP contribution in [-0.4, -0.2) is 0 Å². The molecule has 1 saturated carbocycles. The van der Waals surface area contributed by atoms with Gasteiger partial charge in [-0.25, -0.2) is 0 Å². The largest absolute Gasteiger partial charge is 0.103 e. The highest BCUT2D eigenvalue weighted by molar-refractivity contribution is 5.66. The molecule has 0 nitrogen and oxygen atoms in total. The molecule has 0 saturated heterocycles. The first-order valence-corrected chi connectivity index (χ1v) is 8.72. The van der Waals surface area contributed by atoms with E-state index in [9.17, 15) is 0 Å². The van der Waals surface area contributed by atoms with Crippen LogP contribution >= 0.6 is 0 Å². The Kier molecular flexibility index (Phi) is 4.95. The molecular weight excluding hydrogens is 252 g/mol. The molecule has 0 aromatic heterocycles. The normalized spacial score (nSPS) is 29.7. The Balaban J connectivity index is 1.54. The molecule has 21 heavy (non-hydrogen) atoms. The van der Waals surface area contributed by atoms with Crippen molar-refractivity contribution in [3.05, 3.63) is 54.6 Å². The van der Waals surface area contributed by atoms with Crippen molar-refractivity contribution in [2.75, 3.05) is 0 Å². The van der Waals surface area contributed by atoms with E-state index in [1.165, 1.54) is 56.9 Å². The second-order valence-electron chi connectivity index (χ2n) is 6.94. The molecule has 1 fully saturated rings. The van der Waals surface area contributed by atoms with Crippen LogP contribution in [0.3, 0.4) is 0 Å². The van der Waals surface area contributed by atoms with Crippen LogP contribution in [0.1, 0.15) is 56.9 Å². The second-order valence-corrected chi connectivity index (χ2v) is 6.94. The number of rotatable bonds is 4. The molecule has 0 spiro atoms. The van der Waals surface area contributed by atoms with Crippen LogP contribution in [0.2, 0.25) is 0 Å². The van der Waals surface area contributed by atoms with Crippen molar-refractivity contribution in [1.29, 1.82) is 0 Å². The van der Waals surface area contributed by atoms with E-state index in [4.69, 9.17) is 0 Å². The molecule has 112 valence electrons. The highest BCUT2D eigenvalue weighted by Crippen LogP contribution is 2.41. The summed E-state index contributed by atoms with van der Waals surface area (Å²) in [7, 11) is 0. The van der Waals surface area contributed by atoms with Crippen LogP contribution in [-0.2, 0) is 0 Å². The van der Waals surface area contributed by atoms with E-state index in [0.717, 1.165) is 17.8 Å². The topological polar surface area (TPSA) is 0 Å². The maximum absolute atomic E-state index is 3.89. The predicted molar refractivity (Wildman–Crippen MR) is 92.0 cm³/mol. The van der Waals surface area contributed by atoms with Gasteiger partial charge in [-0.2, -0.15) is 0 Å². The van der Waals surface area contributed by atoms with Gasteiger partial charge in [0.25, 0.3) is 0 Å². The molecule has 1 atom stereocenters. The standard InChI is InChI=1S/C21H28/c1-2-6-17-9-11-19(12-10-17)21-15-13-20(14-16-21)18-7-4-3-5-8-18/h2-5,7-8,13,17,19,21H,1,6,9-12,14-16H2. The van der Waals surface area contributed by atoms with Gasteiger partial charge in [0.05, 0.1) is 0 Å². The molecule has 1 aromatic carbocycles. The lowest BCUT2D eigenvalue weighted by molar-refractivity contribution is 0.196. The Morgan fingerprint density at radius 1 is 0.952 bits per heavy atom. The van der Waals surface area contributed by atoms with Crippen LogP contribution in [0.25, 0.3) is 5.57 Å². The minimum absolute atomic E-state index is 0.928. The zero-order valence-electron chi connectivity index (χ0n) is 13.1. The van der Waals surface area contributed by atoms with Crippen molar-refractivity contribution in [3.63, 3.8) is 0 Å². The Bertz CT molecular complexity index is 474. The van der Waals surface area contributed by atoms with Gasteiger partial charge in [-0.3, -0.25) is 0 Å². The number of benzene rings is 1. The fourth-order valence-electron chi connectivity index (χ4n) is 4.33. The Labute approximate surface area is 130 Å². The zero-order chi connectivity index (χ0) is 14.5. The summed E-state index contributed by atoms with van der Waals surface area (Å²) in [6.45, 7) is 3.89. The highest BCUT2D eigenvalue weighted by atomic mass is 14.3. The molecule has 0 aliphatic heterocycles. The molecule has 2 aliphatic carbocycles. The van der Waals surface area contributed by atoms with Crippen molar-refractivity contribution >= 4 is 5.57 Å². The zero-order valence-corrected chi connectivity index (χ0v) is 13.1. The van der Waals surface area contributed by atoms with E-state index in [0.29, 0.717) is 0 Å². The molecule has 0 radical (unpaired) electrons. The molecule has 1 aromatic rings. The summed E-state index contributed by atoms with van der Waals surface area (Å²) in [6.07, 6.45) is 15.6. The van der Waals surface area contributed by atoms with E-state index in [2.05, 4.69) is 49.1 Å². The summed E-state index contributed by atoms with van der Waals surface area (Å²) in [5, 5.41) is 0. The van der Waals surface area contributed by atoms with Gasteiger partial charge in [0, 0.05) is 0 Å². The Morgan fingerprint density at radius 2 is 1.71 bits per heavy atom. The summed E-state index contributed by atoms with van der Waals surface area (Å²) < 4.78 is 0. The molecule has 0 amide bonds. The lowest BCUT2D eigenvalue weighted by Crippen LogP contribution is -2.23. The van der Waals surface area contributed by atoms with Crippen molar-refractivity contribution in [1.82, 2.24) is 0 Å². The summed E-state index contributed by atoms with van der Waals surface area (Å²) in [5.74, 6) is 2.86.